The van der Waals surface area contributed by atoms with Crippen LogP contribution in [0.3, 0.4) is 0 Å². The zero-order chi connectivity index (χ0) is 20.2. The minimum absolute atomic E-state index is 0. The SMILES string of the molecule is CC(N)C1CCN(C(=O)Cn2c(COc3ccccc3)nc3ccccc32)CC1.Cl.Cl. The molecule has 2 heterocycles. The van der Waals surface area contributed by atoms with Gasteiger partial charge in [0.1, 0.15) is 24.7 Å². The Balaban J connectivity index is 0.00000171. The van der Waals surface area contributed by atoms with Crippen LogP contribution in [0, 0.1) is 5.92 Å². The Kier molecular flexibility index (Phi) is 9.16. The maximum Gasteiger partial charge on any atom is 0.242 e. The lowest BCUT2D eigenvalue weighted by Gasteiger charge is -2.34. The van der Waals surface area contributed by atoms with E-state index in [1.54, 1.807) is 0 Å². The molecule has 2 aromatic carbocycles. The lowest BCUT2D eigenvalue weighted by Crippen LogP contribution is -2.43. The molecule has 1 unspecified atom stereocenters. The fourth-order valence-corrected chi connectivity index (χ4v) is 3.99. The Bertz CT molecular complexity index is 970. The number of aromatic nitrogens is 2. The second kappa shape index (κ2) is 11.4. The van der Waals surface area contributed by atoms with Gasteiger partial charge in [0, 0.05) is 19.1 Å². The van der Waals surface area contributed by atoms with Gasteiger partial charge in [-0.1, -0.05) is 30.3 Å². The van der Waals surface area contributed by atoms with E-state index in [9.17, 15) is 4.79 Å². The molecule has 2 N–H and O–H groups in total. The van der Waals surface area contributed by atoms with Gasteiger partial charge in [-0.05, 0) is 49.9 Å². The van der Waals surface area contributed by atoms with Crippen LogP contribution < -0.4 is 10.5 Å². The Morgan fingerprint density at radius 2 is 1.74 bits per heavy atom. The van der Waals surface area contributed by atoms with E-state index < -0.39 is 0 Å². The van der Waals surface area contributed by atoms with Crippen molar-refractivity contribution >= 4 is 41.8 Å². The van der Waals surface area contributed by atoms with Crippen LogP contribution in [-0.2, 0) is 17.9 Å². The Hall–Kier alpha value is -2.28. The molecule has 6 nitrogen and oxygen atoms in total. The number of nitrogens with zero attached hydrogens (tertiary/aromatic N) is 3. The third-order valence-corrected chi connectivity index (χ3v) is 5.77. The summed E-state index contributed by atoms with van der Waals surface area (Å²) in [5, 5.41) is 0. The largest absolute Gasteiger partial charge is 0.486 e. The van der Waals surface area contributed by atoms with Crippen LogP contribution in [0.15, 0.2) is 54.6 Å². The summed E-state index contributed by atoms with van der Waals surface area (Å²) in [7, 11) is 0. The predicted molar refractivity (Wildman–Crippen MR) is 128 cm³/mol. The molecule has 1 fully saturated rings. The average Bonchev–Trinajstić information content (AvgIpc) is 3.10. The number of benzene rings is 2. The van der Waals surface area contributed by atoms with Crippen LogP contribution in [-0.4, -0.2) is 39.5 Å². The number of para-hydroxylation sites is 3. The van der Waals surface area contributed by atoms with Crippen molar-refractivity contribution in [2.45, 2.75) is 39.0 Å². The van der Waals surface area contributed by atoms with Crippen molar-refractivity contribution in [3.8, 4) is 5.75 Å². The second-order valence-electron chi connectivity index (χ2n) is 7.78. The summed E-state index contributed by atoms with van der Waals surface area (Å²) < 4.78 is 7.89. The van der Waals surface area contributed by atoms with Crippen LogP contribution in [0.5, 0.6) is 5.75 Å². The molecule has 0 saturated carbocycles. The van der Waals surface area contributed by atoms with Crippen molar-refractivity contribution < 1.29 is 9.53 Å². The first kappa shape index (κ1) is 25.0. The molecule has 1 aliphatic heterocycles. The van der Waals surface area contributed by atoms with Crippen molar-refractivity contribution in [1.82, 2.24) is 14.5 Å². The minimum Gasteiger partial charge on any atom is -0.486 e. The van der Waals surface area contributed by atoms with Gasteiger partial charge in [-0.2, -0.15) is 0 Å². The Morgan fingerprint density at radius 3 is 2.42 bits per heavy atom. The molecule has 0 radical (unpaired) electrons. The first-order valence-electron chi connectivity index (χ1n) is 10.3. The number of piperidine rings is 1. The standard InChI is InChI=1S/C23H28N4O2.2ClH/c1-17(24)18-11-13-26(14-12-18)23(28)15-27-21-10-6-5-9-20(21)25-22(27)16-29-19-7-3-2-4-8-19;;/h2-10,17-18H,11-16,24H2,1H3;2*1H. The summed E-state index contributed by atoms with van der Waals surface area (Å²) in [5.41, 5.74) is 7.87. The van der Waals surface area contributed by atoms with E-state index in [2.05, 4.69) is 6.92 Å². The number of rotatable bonds is 6. The highest BCUT2D eigenvalue weighted by Crippen LogP contribution is 2.22. The Labute approximate surface area is 195 Å². The molecule has 0 spiro atoms. The molecule has 3 aromatic rings. The van der Waals surface area contributed by atoms with Crippen LogP contribution >= 0.6 is 24.8 Å². The number of amides is 1. The molecule has 0 aliphatic carbocycles. The number of imidazole rings is 1. The number of likely N-dealkylation sites (tertiary alicyclic amines) is 1. The van der Waals surface area contributed by atoms with Crippen molar-refractivity contribution in [3.63, 3.8) is 0 Å². The monoisotopic (exact) mass is 464 g/mol. The molecule has 1 atom stereocenters. The van der Waals surface area contributed by atoms with E-state index in [1.165, 1.54) is 0 Å². The van der Waals surface area contributed by atoms with Gasteiger partial charge in [-0.3, -0.25) is 4.79 Å². The van der Waals surface area contributed by atoms with Gasteiger partial charge < -0.3 is 19.9 Å². The molecule has 168 valence electrons. The number of hydrogen-bond acceptors (Lipinski definition) is 4. The van der Waals surface area contributed by atoms with Gasteiger partial charge in [0.25, 0.3) is 0 Å². The molecule has 31 heavy (non-hydrogen) atoms. The smallest absolute Gasteiger partial charge is 0.242 e. The normalized spacial score (nSPS) is 15.1. The number of fused-ring (bicyclic) bond motifs is 1. The third-order valence-electron chi connectivity index (χ3n) is 5.77. The molecule has 1 aromatic heterocycles. The van der Waals surface area contributed by atoms with Gasteiger partial charge in [0.2, 0.25) is 5.91 Å². The topological polar surface area (TPSA) is 73.4 Å². The number of carbonyl (C=O) groups is 1. The number of hydrogen-bond donors (Lipinski definition) is 1. The van der Waals surface area contributed by atoms with E-state index in [-0.39, 0.29) is 43.3 Å². The van der Waals surface area contributed by atoms with E-state index >= 15 is 0 Å². The molecule has 1 aliphatic rings. The third kappa shape index (κ3) is 5.91. The van der Waals surface area contributed by atoms with Crippen LogP contribution in [0.2, 0.25) is 0 Å². The first-order valence-corrected chi connectivity index (χ1v) is 10.3. The highest BCUT2D eigenvalue weighted by atomic mass is 35.5. The molecule has 4 rings (SSSR count). The molecule has 1 amide bonds. The number of halogens is 2. The summed E-state index contributed by atoms with van der Waals surface area (Å²) in [6.45, 7) is 4.19. The quantitative estimate of drug-likeness (QED) is 0.596. The summed E-state index contributed by atoms with van der Waals surface area (Å²) >= 11 is 0. The van der Waals surface area contributed by atoms with Gasteiger partial charge in [-0.15, -0.1) is 24.8 Å². The number of ether oxygens (including phenoxy) is 1. The second-order valence-corrected chi connectivity index (χ2v) is 7.78. The van der Waals surface area contributed by atoms with Crippen molar-refractivity contribution in [1.29, 1.82) is 0 Å². The van der Waals surface area contributed by atoms with E-state index in [0.29, 0.717) is 12.5 Å². The van der Waals surface area contributed by atoms with Gasteiger partial charge in [0.15, 0.2) is 0 Å². The lowest BCUT2D eigenvalue weighted by atomic mass is 9.91. The van der Waals surface area contributed by atoms with Crippen molar-refractivity contribution in [3.05, 3.63) is 60.4 Å². The van der Waals surface area contributed by atoms with E-state index in [4.69, 9.17) is 15.5 Å². The van der Waals surface area contributed by atoms with Gasteiger partial charge in [0.05, 0.1) is 11.0 Å². The summed E-state index contributed by atoms with van der Waals surface area (Å²) in [6, 6.07) is 17.8. The van der Waals surface area contributed by atoms with E-state index in [0.717, 1.165) is 48.5 Å². The maximum atomic E-state index is 13.0. The van der Waals surface area contributed by atoms with Crippen molar-refractivity contribution in [2.24, 2.45) is 11.7 Å². The number of nitrogens with two attached hydrogens (primary N) is 1. The summed E-state index contributed by atoms with van der Waals surface area (Å²) in [4.78, 5) is 19.7. The first-order chi connectivity index (χ1) is 14.1. The molecular formula is C23H30Cl2N4O2. The summed E-state index contributed by atoms with van der Waals surface area (Å²) in [6.07, 6.45) is 1.94. The minimum atomic E-state index is 0. The van der Waals surface area contributed by atoms with Crippen LogP contribution in [0.25, 0.3) is 11.0 Å². The zero-order valence-electron chi connectivity index (χ0n) is 17.6. The number of carbonyl (C=O) groups excluding carboxylic acids is 1. The lowest BCUT2D eigenvalue weighted by molar-refractivity contribution is -0.133. The molecular weight excluding hydrogens is 435 g/mol. The fourth-order valence-electron chi connectivity index (χ4n) is 3.99. The Morgan fingerprint density at radius 1 is 1.10 bits per heavy atom. The average molecular weight is 465 g/mol. The molecule has 1 saturated heterocycles. The maximum absolute atomic E-state index is 13.0. The summed E-state index contributed by atoms with van der Waals surface area (Å²) in [5.74, 6) is 2.17. The van der Waals surface area contributed by atoms with Gasteiger partial charge >= 0.3 is 0 Å². The highest BCUT2D eigenvalue weighted by Gasteiger charge is 2.25. The fraction of sp³-hybridized carbons (Fsp3) is 0.391. The molecule has 8 heteroatoms. The van der Waals surface area contributed by atoms with Crippen LogP contribution in [0.1, 0.15) is 25.6 Å². The van der Waals surface area contributed by atoms with Crippen molar-refractivity contribution in [2.75, 3.05) is 13.1 Å². The van der Waals surface area contributed by atoms with Gasteiger partial charge in [-0.25, -0.2) is 4.98 Å². The predicted octanol–water partition coefficient (Wildman–Crippen LogP) is 4.04. The zero-order valence-corrected chi connectivity index (χ0v) is 19.3. The highest BCUT2D eigenvalue weighted by molar-refractivity contribution is 5.85. The van der Waals surface area contributed by atoms with Crippen LogP contribution in [0.4, 0.5) is 0 Å². The molecule has 0 bridgehead atoms. The van der Waals surface area contributed by atoms with E-state index in [1.807, 2.05) is 64.1 Å².